The number of nitro groups is 1. The number of benzene rings is 1. The van der Waals surface area contributed by atoms with E-state index in [1.807, 2.05) is 31.2 Å². The lowest BCUT2D eigenvalue weighted by Crippen LogP contribution is -1.91. The zero-order chi connectivity index (χ0) is 14.5. The fourth-order valence-corrected chi connectivity index (χ4v) is 1.73. The van der Waals surface area contributed by atoms with Crippen molar-refractivity contribution in [3.8, 4) is 5.75 Å². The first-order chi connectivity index (χ1) is 9.61. The summed E-state index contributed by atoms with van der Waals surface area (Å²) in [6.07, 6.45) is 3.30. The summed E-state index contributed by atoms with van der Waals surface area (Å²) in [7, 11) is 0. The summed E-state index contributed by atoms with van der Waals surface area (Å²) in [6, 6.07) is 7.40. The Balaban J connectivity index is 2.19. The van der Waals surface area contributed by atoms with E-state index in [0.29, 0.717) is 6.61 Å². The first kappa shape index (κ1) is 13.8. The van der Waals surface area contributed by atoms with E-state index in [4.69, 9.17) is 9.26 Å². The molecule has 0 saturated carbocycles. The van der Waals surface area contributed by atoms with Crippen LogP contribution in [0, 0.1) is 17.0 Å². The molecule has 2 aromatic rings. The SMILES string of the molecule is CCOc1ccc(C=Cc2noc(C)c2[N+](=O)[O-])cc1. The lowest BCUT2D eigenvalue weighted by atomic mass is 10.2. The quantitative estimate of drug-likeness (QED) is 0.616. The van der Waals surface area contributed by atoms with E-state index < -0.39 is 4.92 Å². The number of ether oxygens (including phenoxy) is 1. The van der Waals surface area contributed by atoms with E-state index in [1.165, 1.54) is 6.92 Å². The fourth-order valence-electron chi connectivity index (χ4n) is 1.73. The van der Waals surface area contributed by atoms with Crippen molar-refractivity contribution >= 4 is 17.8 Å². The summed E-state index contributed by atoms with van der Waals surface area (Å²) < 4.78 is 10.2. The largest absolute Gasteiger partial charge is 0.494 e. The maximum atomic E-state index is 10.9. The Morgan fingerprint density at radius 2 is 2.05 bits per heavy atom. The molecule has 0 atom stereocenters. The second-order valence-corrected chi connectivity index (χ2v) is 4.07. The Labute approximate surface area is 115 Å². The van der Waals surface area contributed by atoms with Crippen LogP contribution < -0.4 is 4.74 Å². The van der Waals surface area contributed by atoms with Gasteiger partial charge in [-0.1, -0.05) is 23.4 Å². The van der Waals surface area contributed by atoms with Gasteiger partial charge >= 0.3 is 5.69 Å². The van der Waals surface area contributed by atoms with Crippen LogP contribution in [-0.4, -0.2) is 16.7 Å². The zero-order valence-electron chi connectivity index (χ0n) is 11.2. The average Bonchev–Trinajstić information content (AvgIpc) is 2.79. The van der Waals surface area contributed by atoms with Crippen LogP contribution in [0.4, 0.5) is 5.69 Å². The van der Waals surface area contributed by atoms with Crippen molar-refractivity contribution in [3.05, 3.63) is 51.4 Å². The van der Waals surface area contributed by atoms with Crippen LogP contribution in [0.15, 0.2) is 28.8 Å². The highest BCUT2D eigenvalue weighted by molar-refractivity contribution is 5.72. The number of hydrogen-bond acceptors (Lipinski definition) is 5. The zero-order valence-corrected chi connectivity index (χ0v) is 11.2. The van der Waals surface area contributed by atoms with Crippen molar-refractivity contribution < 1.29 is 14.2 Å². The van der Waals surface area contributed by atoms with Gasteiger partial charge in [0.25, 0.3) is 0 Å². The predicted molar refractivity (Wildman–Crippen MR) is 74.4 cm³/mol. The molecular weight excluding hydrogens is 260 g/mol. The molecule has 0 aliphatic carbocycles. The van der Waals surface area contributed by atoms with Gasteiger partial charge in [-0.3, -0.25) is 10.1 Å². The second kappa shape index (κ2) is 6.01. The Hall–Kier alpha value is -2.63. The highest BCUT2D eigenvalue weighted by Crippen LogP contribution is 2.24. The van der Waals surface area contributed by atoms with Crippen LogP contribution in [0.2, 0.25) is 0 Å². The van der Waals surface area contributed by atoms with Gasteiger partial charge in [-0.2, -0.15) is 0 Å². The maximum Gasteiger partial charge on any atom is 0.338 e. The molecule has 0 amide bonds. The Bertz CT molecular complexity index is 629. The molecule has 2 rings (SSSR count). The van der Waals surface area contributed by atoms with E-state index in [9.17, 15) is 10.1 Å². The van der Waals surface area contributed by atoms with E-state index in [1.54, 1.807) is 12.2 Å². The highest BCUT2D eigenvalue weighted by Gasteiger charge is 2.21. The molecule has 6 nitrogen and oxygen atoms in total. The molecule has 20 heavy (non-hydrogen) atoms. The molecule has 0 saturated heterocycles. The molecule has 6 heteroatoms. The van der Waals surface area contributed by atoms with Crippen molar-refractivity contribution in [3.63, 3.8) is 0 Å². The Morgan fingerprint density at radius 1 is 1.35 bits per heavy atom. The van der Waals surface area contributed by atoms with E-state index >= 15 is 0 Å². The van der Waals surface area contributed by atoms with Crippen LogP contribution in [-0.2, 0) is 0 Å². The number of nitrogens with zero attached hydrogens (tertiary/aromatic N) is 2. The van der Waals surface area contributed by atoms with Gasteiger partial charge in [-0.15, -0.1) is 0 Å². The minimum absolute atomic E-state index is 0.104. The van der Waals surface area contributed by atoms with Gasteiger partial charge in [0, 0.05) is 6.92 Å². The highest BCUT2D eigenvalue weighted by atomic mass is 16.6. The van der Waals surface area contributed by atoms with Crippen LogP contribution in [0.3, 0.4) is 0 Å². The first-order valence-electron chi connectivity index (χ1n) is 6.13. The molecule has 0 radical (unpaired) electrons. The van der Waals surface area contributed by atoms with E-state index in [0.717, 1.165) is 11.3 Å². The third-order valence-corrected chi connectivity index (χ3v) is 2.66. The molecule has 0 fully saturated rings. The molecule has 0 aliphatic rings. The third kappa shape index (κ3) is 3.03. The van der Waals surface area contributed by atoms with Gasteiger partial charge < -0.3 is 9.26 Å². The van der Waals surface area contributed by atoms with Crippen LogP contribution >= 0.6 is 0 Å². The third-order valence-electron chi connectivity index (χ3n) is 2.66. The minimum Gasteiger partial charge on any atom is -0.494 e. The minimum atomic E-state index is -0.496. The summed E-state index contributed by atoms with van der Waals surface area (Å²) >= 11 is 0. The molecule has 1 aromatic heterocycles. The summed E-state index contributed by atoms with van der Waals surface area (Å²) in [5.41, 5.74) is 0.997. The number of aryl methyl sites for hydroxylation is 1. The van der Waals surface area contributed by atoms with Crippen LogP contribution in [0.5, 0.6) is 5.75 Å². The molecule has 0 aliphatic heterocycles. The number of hydrogen-bond donors (Lipinski definition) is 0. The van der Waals surface area contributed by atoms with Crippen molar-refractivity contribution in [1.29, 1.82) is 0 Å². The number of aromatic nitrogens is 1. The summed E-state index contributed by atoms with van der Waals surface area (Å²) in [5, 5.41) is 14.6. The molecule has 1 heterocycles. The summed E-state index contributed by atoms with van der Waals surface area (Å²) in [6.45, 7) is 4.04. The lowest BCUT2D eigenvalue weighted by Gasteiger charge is -2.01. The van der Waals surface area contributed by atoms with Gasteiger partial charge in [-0.25, -0.2) is 0 Å². The van der Waals surface area contributed by atoms with Gasteiger partial charge in [0.1, 0.15) is 5.75 Å². The molecule has 0 N–H and O–H groups in total. The van der Waals surface area contributed by atoms with Gasteiger partial charge in [0.15, 0.2) is 5.69 Å². The van der Waals surface area contributed by atoms with Crippen LogP contribution in [0.1, 0.15) is 23.9 Å². The molecule has 0 spiro atoms. The van der Waals surface area contributed by atoms with Crippen LogP contribution in [0.25, 0.3) is 12.2 Å². The molecule has 1 aromatic carbocycles. The number of rotatable bonds is 5. The van der Waals surface area contributed by atoms with Gasteiger partial charge in [0.05, 0.1) is 11.5 Å². The molecule has 104 valence electrons. The predicted octanol–water partition coefficient (Wildman–Crippen LogP) is 3.46. The molecule has 0 bridgehead atoms. The van der Waals surface area contributed by atoms with E-state index in [-0.39, 0.29) is 17.1 Å². The smallest absolute Gasteiger partial charge is 0.338 e. The summed E-state index contributed by atoms with van der Waals surface area (Å²) in [5.74, 6) is 0.981. The normalized spacial score (nSPS) is 10.9. The molecule has 0 unspecified atom stereocenters. The monoisotopic (exact) mass is 274 g/mol. The fraction of sp³-hybridized carbons (Fsp3) is 0.214. The van der Waals surface area contributed by atoms with Crippen molar-refractivity contribution in [2.45, 2.75) is 13.8 Å². The van der Waals surface area contributed by atoms with Gasteiger partial charge in [0.2, 0.25) is 5.76 Å². The average molecular weight is 274 g/mol. The Kier molecular flexibility index (Phi) is 4.14. The first-order valence-corrected chi connectivity index (χ1v) is 6.13. The van der Waals surface area contributed by atoms with Crippen molar-refractivity contribution in [2.75, 3.05) is 6.61 Å². The van der Waals surface area contributed by atoms with Gasteiger partial charge in [-0.05, 0) is 30.7 Å². The van der Waals surface area contributed by atoms with E-state index in [2.05, 4.69) is 5.16 Å². The lowest BCUT2D eigenvalue weighted by molar-refractivity contribution is -0.386. The Morgan fingerprint density at radius 3 is 2.65 bits per heavy atom. The van der Waals surface area contributed by atoms with Crippen molar-refractivity contribution in [2.24, 2.45) is 0 Å². The topological polar surface area (TPSA) is 78.4 Å². The second-order valence-electron chi connectivity index (χ2n) is 4.07. The molecular formula is C14H14N2O4. The summed E-state index contributed by atoms with van der Waals surface area (Å²) in [4.78, 5) is 10.4. The van der Waals surface area contributed by atoms with Crippen molar-refractivity contribution in [1.82, 2.24) is 5.16 Å². The maximum absolute atomic E-state index is 10.9. The standard InChI is InChI=1S/C14H14N2O4/c1-3-19-12-7-4-11(5-8-12)6-9-13-14(16(17)18)10(2)20-15-13/h4-9H,3H2,1-2H3.